The van der Waals surface area contributed by atoms with Crippen LogP contribution in [0.3, 0.4) is 0 Å². The summed E-state index contributed by atoms with van der Waals surface area (Å²) in [6, 6.07) is 0. The highest BCUT2D eigenvalue weighted by Crippen LogP contribution is 2.65. The van der Waals surface area contributed by atoms with Crippen molar-refractivity contribution in [1.29, 1.82) is 0 Å². The van der Waals surface area contributed by atoms with Crippen LogP contribution in [0, 0.1) is 11.8 Å². The van der Waals surface area contributed by atoms with E-state index in [1.165, 1.54) is 37.8 Å². The van der Waals surface area contributed by atoms with Crippen molar-refractivity contribution in [3.05, 3.63) is 25.1 Å². The van der Waals surface area contributed by atoms with Gasteiger partial charge in [-0.2, -0.15) is 0 Å². The lowest BCUT2D eigenvalue weighted by molar-refractivity contribution is 0.315. The normalized spacial score (nSPS) is 34.8. The fourth-order valence-corrected chi connectivity index (χ4v) is 6.33. The molecule has 2 heterocycles. The first-order chi connectivity index (χ1) is 10.4. The van der Waals surface area contributed by atoms with Gasteiger partial charge in [0.2, 0.25) is 0 Å². The quantitative estimate of drug-likeness (QED) is 0.514. The van der Waals surface area contributed by atoms with E-state index in [-0.39, 0.29) is 4.75 Å². The van der Waals surface area contributed by atoms with Gasteiger partial charge in [0, 0.05) is 23.1 Å². The number of hydrogen-bond acceptors (Lipinski definition) is 2. The molecule has 2 bridgehead atoms. The van der Waals surface area contributed by atoms with E-state index in [0.717, 1.165) is 24.1 Å². The van der Waals surface area contributed by atoms with Crippen LogP contribution in [-0.2, 0) is 0 Å². The summed E-state index contributed by atoms with van der Waals surface area (Å²) in [4.78, 5) is 4.35. The minimum Gasteiger partial charge on any atom is -0.347 e. The minimum atomic E-state index is 0.195. The lowest BCUT2D eigenvalue weighted by Crippen LogP contribution is -2.43. The lowest BCUT2D eigenvalue weighted by atomic mass is 9.82. The average Bonchev–Trinajstić information content (AvgIpc) is 2.80. The van der Waals surface area contributed by atoms with Crippen LogP contribution >= 0.6 is 11.8 Å². The van der Waals surface area contributed by atoms with Crippen molar-refractivity contribution in [3.8, 4) is 0 Å². The van der Waals surface area contributed by atoms with Gasteiger partial charge in [-0.15, -0.1) is 11.8 Å². The molecule has 3 heteroatoms. The van der Waals surface area contributed by atoms with Crippen LogP contribution < -0.4 is 5.32 Å². The van der Waals surface area contributed by atoms with Crippen LogP contribution in [0.15, 0.2) is 30.0 Å². The van der Waals surface area contributed by atoms with Gasteiger partial charge in [0.25, 0.3) is 0 Å². The van der Waals surface area contributed by atoms with E-state index in [1.54, 1.807) is 6.20 Å². The Bertz CT molecular complexity index is 468. The number of rotatable bonds is 6. The van der Waals surface area contributed by atoms with Gasteiger partial charge < -0.3 is 5.32 Å². The molecule has 0 amide bonds. The molecule has 2 aliphatic heterocycles. The number of thioether (sulfide) groups is 1. The highest BCUT2D eigenvalue weighted by Gasteiger charge is 2.56. The third-order valence-electron chi connectivity index (χ3n) is 5.66. The zero-order chi connectivity index (χ0) is 16.4. The summed E-state index contributed by atoms with van der Waals surface area (Å²) in [5.41, 5.74) is 1.17. The van der Waals surface area contributed by atoms with Gasteiger partial charge in [-0.1, -0.05) is 47.3 Å². The maximum atomic E-state index is 4.43. The van der Waals surface area contributed by atoms with Gasteiger partial charge in [-0.25, -0.2) is 4.99 Å². The summed E-state index contributed by atoms with van der Waals surface area (Å²) in [7, 11) is 0. The number of fused-ring (bicyclic) bond motifs is 2. The molecule has 0 aromatic heterocycles. The Hall–Kier alpha value is -0.700. The molecule has 2 rings (SSSR count). The predicted molar refractivity (Wildman–Crippen MR) is 100 cm³/mol. The van der Waals surface area contributed by atoms with Crippen LogP contribution in [0.2, 0.25) is 0 Å². The van der Waals surface area contributed by atoms with Gasteiger partial charge in [0.05, 0.1) is 4.75 Å². The Morgan fingerprint density at radius 3 is 2.64 bits per heavy atom. The van der Waals surface area contributed by atoms with Gasteiger partial charge >= 0.3 is 0 Å². The first kappa shape index (κ1) is 17.7. The van der Waals surface area contributed by atoms with E-state index >= 15 is 0 Å². The molecule has 0 aliphatic carbocycles. The molecule has 2 saturated heterocycles. The molecule has 2 fully saturated rings. The molecule has 0 aromatic carbocycles. The van der Waals surface area contributed by atoms with Gasteiger partial charge in [-0.3, -0.25) is 0 Å². The van der Waals surface area contributed by atoms with Gasteiger partial charge in [0.1, 0.15) is 5.84 Å². The second-order valence-electron chi connectivity index (χ2n) is 7.21. The number of nitrogens with one attached hydrogen (secondary N) is 1. The molecule has 3 unspecified atom stereocenters. The predicted octanol–water partition coefficient (Wildman–Crippen LogP) is 5.52. The molecule has 0 radical (unpaired) electrons. The first-order valence-electron chi connectivity index (χ1n) is 8.75. The highest BCUT2D eigenvalue weighted by atomic mass is 32.2. The highest BCUT2D eigenvalue weighted by molar-refractivity contribution is 8.02. The lowest BCUT2D eigenvalue weighted by Gasteiger charge is -2.46. The Kier molecular flexibility index (Phi) is 5.47. The van der Waals surface area contributed by atoms with Crippen molar-refractivity contribution >= 4 is 17.6 Å². The summed E-state index contributed by atoms with van der Waals surface area (Å²) >= 11 is 2.21. The molecule has 0 spiro atoms. The number of aliphatic imine (C=N–C) groups is 1. The third kappa shape index (κ3) is 3.15. The third-order valence-corrected chi connectivity index (χ3v) is 7.92. The standard InChI is InChI=1S/C19H32N2S/c1-7-16-12-18(14(4)5)10-11-19(13-16,22-18)15(6)21-17(8-2)20-9-3/h9,14,16H,3,6-8,10-13H2,1-2,4-5H3,(H,20,21). The molecule has 124 valence electrons. The minimum absolute atomic E-state index is 0.195. The van der Waals surface area contributed by atoms with Crippen molar-refractivity contribution in [2.75, 3.05) is 0 Å². The Morgan fingerprint density at radius 2 is 2.09 bits per heavy atom. The largest absolute Gasteiger partial charge is 0.347 e. The van der Waals surface area contributed by atoms with Crippen LogP contribution in [0.1, 0.15) is 66.2 Å². The van der Waals surface area contributed by atoms with Crippen molar-refractivity contribution in [3.63, 3.8) is 0 Å². The molecule has 3 atom stereocenters. The van der Waals surface area contributed by atoms with Gasteiger partial charge in [0.15, 0.2) is 0 Å². The molecule has 0 aromatic rings. The fourth-order valence-electron chi connectivity index (χ4n) is 4.10. The number of amidine groups is 1. The number of hydrogen-bond donors (Lipinski definition) is 1. The van der Waals surface area contributed by atoms with E-state index in [0.29, 0.717) is 4.75 Å². The van der Waals surface area contributed by atoms with Crippen LogP contribution in [0.5, 0.6) is 0 Å². The van der Waals surface area contributed by atoms with Crippen LogP contribution in [0.25, 0.3) is 0 Å². The summed E-state index contributed by atoms with van der Waals surface area (Å²) < 4.78 is 0.645. The van der Waals surface area contributed by atoms with E-state index in [4.69, 9.17) is 0 Å². The summed E-state index contributed by atoms with van der Waals surface area (Å²) in [6.07, 6.45) is 9.01. The van der Waals surface area contributed by atoms with Crippen LogP contribution in [-0.4, -0.2) is 15.3 Å². The van der Waals surface area contributed by atoms with Crippen molar-refractivity contribution in [2.24, 2.45) is 16.8 Å². The molecular weight excluding hydrogens is 288 g/mol. The SMILES string of the molecule is C=CN=C(CC)NC(=C)C12CCC(C(C)C)(CC(CC)C1)S2. The van der Waals surface area contributed by atoms with Crippen molar-refractivity contribution in [2.45, 2.75) is 75.7 Å². The average molecular weight is 321 g/mol. The van der Waals surface area contributed by atoms with Crippen molar-refractivity contribution < 1.29 is 0 Å². The molecule has 2 nitrogen and oxygen atoms in total. The van der Waals surface area contributed by atoms with Crippen LogP contribution in [0.4, 0.5) is 0 Å². The molecule has 22 heavy (non-hydrogen) atoms. The van der Waals surface area contributed by atoms with Crippen molar-refractivity contribution in [1.82, 2.24) is 5.32 Å². The Labute approximate surface area is 140 Å². The van der Waals surface area contributed by atoms with E-state index in [2.05, 4.69) is 62.9 Å². The zero-order valence-corrected chi connectivity index (χ0v) is 15.6. The monoisotopic (exact) mass is 320 g/mol. The Morgan fingerprint density at radius 1 is 1.36 bits per heavy atom. The molecule has 2 aliphatic rings. The smallest absolute Gasteiger partial charge is 0.105 e. The summed E-state index contributed by atoms with van der Waals surface area (Å²) in [6.45, 7) is 17.4. The zero-order valence-electron chi connectivity index (χ0n) is 14.7. The van der Waals surface area contributed by atoms with E-state index in [9.17, 15) is 0 Å². The van der Waals surface area contributed by atoms with Gasteiger partial charge in [-0.05, 0) is 37.5 Å². The second kappa shape index (κ2) is 6.82. The molecule has 1 N–H and O–H groups in total. The maximum absolute atomic E-state index is 4.43. The number of nitrogens with zero attached hydrogens (tertiary/aromatic N) is 1. The van der Waals surface area contributed by atoms with E-state index in [1.807, 2.05) is 0 Å². The fraction of sp³-hybridized carbons (Fsp3) is 0.737. The summed E-state index contributed by atoms with van der Waals surface area (Å²) in [5.74, 6) is 2.54. The maximum Gasteiger partial charge on any atom is 0.105 e. The molecular formula is C19H32N2S. The molecule has 0 saturated carbocycles. The van der Waals surface area contributed by atoms with E-state index < -0.39 is 0 Å². The topological polar surface area (TPSA) is 24.4 Å². The second-order valence-corrected chi connectivity index (χ2v) is 9.01. The first-order valence-corrected chi connectivity index (χ1v) is 9.57. The Balaban J connectivity index is 2.23. The summed E-state index contributed by atoms with van der Waals surface area (Å²) in [5, 5.41) is 3.52.